The van der Waals surface area contributed by atoms with E-state index in [-0.39, 0.29) is 0 Å². The molecule has 0 unspecified atom stereocenters. The molecule has 0 radical (unpaired) electrons. The minimum absolute atomic E-state index is 0.510. The highest BCUT2D eigenvalue weighted by Gasteiger charge is 2.28. The first-order valence-electron chi connectivity index (χ1n) is 7.22. The van der Waals surface area contributed by atoms with Gasteiger partial charge in [0.25, 0.3) is 0 Å². The van der Waals surface area contributed by atoms with Crippen molar-refractivity contribution in [2.45, 2.75) is 25.7 Å². The van der Waals surface area contributed by atoms with E-state index in [1.54, 1.807) is 0 Å². The van der Waals surface area contributed by atoms with Crippen molar-refractivity contribution in [2.24, 2.45) is 5.84 Å². The smallest absolute Gasteiger partial charge is 0.149 e. The quantitative estimate of drug-likeness (QED) is 0.547. The highest BCUT2D eigenvalue weighted by atomic mass is 15.5. The second kappa shape index (κ2) is 5.51. The van der Waals surface area contributed by atoms with Crippen molar-refractivity contribution < 1.29 is 0 Å². The van der Waals surface area contributed by atoms with Crippen molar-refractivity contribution >= 4 is 11.6 Å². The molecule has 2 heterocycles. The molecule has 1 aliphatic carbocycles. The fourth-order valence-electron chi connectivity index (χ4n) is 2.38. The number of hydrazine groups is 2. The van der Waals surface area contributed by atoms with E-state index in [2.05, 4.69) is 37.8 Å². The Hall–Kier alpha value is -1.44. The van der Waals surface area contributed by atoms with E-state index in [1.165, 1.54) is 12.8 Å². The number of hydrogen-bond donors (Lipinski definition) is 3. The fraction of sp³-hybridized carbons (Fsp3) is 0.692. The molecule has 2 fully saturated rings. The van der Waals surface area contributed by atoms with Gasteiger partial charge in [-0.2, -0.15) is 0 Å². The SMILES string of the molecule is Cc1c(NN)nc(C2CC2)nc1NN1CCN(C)CC1. The zero-order valence-corrected chi connectivity index (χ0v) is 12.2. The maximum atomic E-state index is 5.57. The third-order valence-electron chi connectivity index (χ3n) is 4.01. The van der Waals surface area contributed by atoms with Crippen molar-refractivity contribution in [1.29, 1.82) is 0 Å². The highest BCUT2D eigenvalue weighted by molar-refractivity contribution is 5.56. The lowest BCUT2D eigenvalue weighted by molar-refractivity contribution is 0.178. The second-order valence-electron chi connectivity index (χ2n) is 5.72. The van der Waals surface area contributed by atoms with Crippen LogP contribution in [0.25, 0.3) is 0 Å². The van der Waals surface area contributed by atoms with Crippen LogP contribution < -0.4 is 16.7 Å². The van der Waals surface area contributed by atoms with Crippen LogP contribution in [-0.2, 0) is 0 Å². The van der Waals surface area contributed by atoms with Crippen LogP contribution in [0.4, 0.5) is 11.6 Å². The van der Waals surface area contributed by atoms with Crippen LogP contribution in [0.2, 0.25) is 0 Å². The van der Waals surface area contributed by atoms with Gasteiger partial charge in [-0.1, -0.05) is 0 Å². The maximum absolute atomic E-state index is 5.57. The molecule has 2 aliphatic rings. The molecular weight excluding hydrogens is 254 g/mol. The van der Waals surface area contributed by atoms with E-state index in [9.17, 15) is 0 Å². The summed E-state index contributed by atoms with van der Waals surface area (Å²) < 4.78 is 0. The van der Waals surface area contributed by atoms with Gasteiger partial charge in [0.15, 0.2) is 0 Å². The summed E-state index contributed by atoms with van der Waals surface area (Å²) in [6.45, 7) is 6.10. The predicted octanol–water partition coefficient (Wildman–Crippen LogP) is 0.522. The van der Waals surface area contributed by atoms with Crippen LogP contribution in [0.5, 0.6) is 0 Å². The Labute approximate surface area is 119 Å². The molecule has 20 heavy (non-hydrogen) atoms. The first kappa shape index (κ1) is 13.5. The molecular formula is C13H23N7. The van der Waals surface area contributed by atoms with E-state index < -0.39 is 0 Å². The molecule has 0 atom stereocenters. The summed E-state index contributed by atoms with van der Waals surface area (Å²) in [6.07, 6.45) is 2.36. The number of anilines is 2. The van der Waals surface area contributed by atoms with Crippen LogP contribution in [-0.4, -0.2) is 53.1 Å². The number of rotatable bonds is 4. The average Bonchev–Trinajstić information content (AvgIpc) is 3.28. The number of nitrogens with two attached hydrogens (primary N) is 1. The zero-order valence-electron chi connectivity index (χ0n) is 12.2. The van der Waals surface area contributed by atoms with E-state index in [1.807, 2.05) is 6.92 Å². The minimum Gasteiger partial charge on any atom is -0.308 e. The molecule has 1 saturated heterocycles. The molecule has 3 rings (SSSR count). The van der Waals surface area contributed by atoms with Crippen LogP contribution in [0.15, 0.2) is 0 Å². The molecule has 0 aromatic carbocycles. The molecule has 4 N–H and O–H groups in total. The van der Waals surface area contributed by atoms with Crippen molar-refractivity contribution in [3.63, 3.8) is 0 Å². The Bertz CT molecular complexity index is 478. The van der Waals surface area contributed by atoms with Crippen LogP contribution in [0, 0.1) is 6.92 Å². The van der Waals surface area contributed by atoms with Gasteiger partial charge in [-0.25, -0.2) is 20.8 Å². The second-order valence-corrected chi connectivity index (χ2v) is 5.72. The summed E-state index contributed by atoms with van der Waals surface area (Å²) in [6, 6.07) is 0. The van der Waals surface area contributed by atoms with E-state index in [0.717, 1.165) is 49.2 Å². The van der Waals surface area contributed by atoms with Crippen molar-refractivity contribution in [1.82, 2.24) is 19.9 Å². The van der Waals surface area contributed by atoms with Crippen LogP contribution >= 0.6 is 0 Å². The maximum Gasteiger partial charge on any atom is 0.149 e. The predicted molar refractivity (Wildman–Crippen MR) is 79.2 cm³/mol. The van der Waals surface area contributed by atoms with E-state index >= 15 is 0 Å². The lowest BCUT2D eigenvalue weighted by Gasteiger charge is -2.33. The van der Waals surface area contributed by atoms with E-state index in [4.69, 9.17) is 5.84 Å². The molecule has 7 heteroatoms. The molecule has 110 valence electrons. The molecule has 1 aromatic rings. The van der Waals surface area contributed by atoms with Gasteiger partial charge in [-0.15, -0.1) is 0 Å². The van der Waals surface area contributed by atoms with Crippen molar-refractivity contribution in [2.75, 3.05) is 44.1 Å². The summed E-state index contributed by atoms with van der Waals surface area (Å²) in [7, 11) is 2.15. The molecule has 1 aliphatic heterocycles. The monoisotopic (exact) mass is 277 g/mol. The first-order chi connectivity index (χ1) is 9.67. The Balaban J connectivity index is 1.78. The largest absolute Gasteiger partial charge is 0.308 e. The zero-order chi connectivity index (χ0) is 14.1. The molecule has 7 nitrogen and oxygen atoms in total. The number of likely N-dealkylation sites (N-methyl/N-ethyl adjacent to an activating group) is 1. The number of hydrogen-bond acceptors (Lipinski definition) is 7. The Morgan fingerprint density at radius 3 is 2.35 bits per heavy atom. The standard InChI is InChI=1S/C13H23N7/c1-9-11(17-14)15-13(10-3-4-10)16-12(9)18-20-7-5-19(2)6-8-20/h10H,3-8,14H2,1-2H3,(H2,15,16,17,18). The lowest BCUT2D eigenvalue weighted by Crippen LogP contribution is -2.47. The topological polar surface area (TPSA) is 82.3 Å². The molecule has 0 bridgehead atoms. The fourth-order valence-corrected chi connectivity index (χ4v) is 2.38. The number of aromatic nitrogens is 2. The Morgan fingerprint density at radius 1 is 1.10 bits per heavy atom. The molecule has 1 aromatic heterocycles. The average molecular weight is 277 g/mol. The lowest BCUT2D eigenvalue weighted by atomic mass is 10.3. The van der Waals surface area contributed by atoms with Crippen LogP contribution in [0.1, 0.15) is 30.1 Å². The molecule has 0 spiro atoms. The van der Waals surface area contributed by atoms with Gasteiger partial charge in [-0.3, -0.25) is 0 Å². The third kappa shape index (κ3) is 2.84. The molecule has 1 saturated carbocycles. The number of nitrogens with one attached hydrogen (secondary N) is 2. The minimum atomic E-state index is 0.510. The number of nitrogens with zero attached hydrogens (tertiary/aromatic N) is 4. The van der Waals surface area contributed by atoms with Gasteiger partial charge in [0.2, 0.25) is 0 Å². The summed E-state index contributed by atoms with van der Waals surface area (Å²) in [4.78, 5) is 11.5. The van der Waals surface area contributed by atoms with Gasteiger partial charge < -0.3 is 15.8 Å². The van der Waals surface area contributed by atoms with Gasteiger partial charge in [0.1, 0.15) is 17.5 Å². The molecule has 0 amide bonds. The van der Waals surface area contributed by atoms with E-state index in [0.29, 0.717) is 5.92 Å². The van der Waals surface area contributed by atoms with Gasteiger partial charge in [0.05, 0.1) is 0 Å². The number of piperazine rings is 1. The van der Waals surface area contributed by atoms with Crippen molar-refractivity contribution in [3.05, 3.63) is 11.4 Å². The van der Waals surface area contributed by atoms with Gasteiger partial charge in [0, 0.05) is 37.7 Å². The Kier molecular flexibility index (Phi) is 3.73. The summed E-state index contributed by atoms with van der Waals surface area (Å²) in [5, 5.41) is 2.21. The summed E-state index contributed by atoms with van der Waals surface area (Å²) >= 11 is 0. The summed E-state index contributed by atoms with van der Waals surface area (Å²) in [5.41, 5.74) is 7.08. The highest BCUT2D eigenvalue weighted by Crippen LogP contribution is 2.39. The summed E-state index contributed by atoms with van der Waals surface area (Å²) in [5.74, 6) is 8.58. The number of nitrogen functional groups attached to an aromatic ring is 1. The normalized spacial score (nSPS) is 20.9. The first-order valence-corrected chi connectivity index (χ1v) is 7.22. The van der Waals surface area contributed by atoms with Crippen LogP contribution in [0.3, 0.4) is 0 Å². The van der Waals surface area contributed by atoms with Gasteiger partial charge >= 0.3 is 0 Å². The van der Waals surface area contributed by atoms with Crippen molar-refractivity contribution in [3.8, 4) is 0 Å². The van der Waals surface area contributed by atoms with Gasteiger partial charge in [-0.05, 0) is 26.8 Å². The third-order valence-corrected chi connectivity index (χ3v) is 4.01. The Morgan fingerprint density at radius 2 is 1.75 bits per heavy atom.